The molecular formula is C16H24N2O2. The number of aromatic hydroxyl groups is 1. The fourth-order valence-electron chi connectivity index (χ4n) is 3.63. The van der Waals surface area contributed by atoms with Crippen molar-refractivity contribution >= 4 is 5.69 Å². The van der Waals surface area contributed by atoms with Crippen molar-refractivity contribution in [1.29, 1.82) is 0 Å². The summed E-state index contributed by atoms with van der Waals surface area (Å²) in [4.78, 5) is 4.88. The highest BCUT2D eigenvalue weighted by Gasteiger charge is 2.34. The quantitative estimate of drug-likeness (QED) is 0.868. The lowest BCUT2D eigenvalue weighted by Crippen LogP contribution is -2.36. The second-order valence-corrected chi connectivity index (χ2v) is 6.20. The number of rotatable bonds is 2. The molecule has 0 aliphatic carbocycles. The van der Waals surface area contributed by atoms with E-state index in [0.29, 0.717) is 11.6 Å². The summed E-state index contributed by atoms with van der Waals surface area (Å²) in [5.41, 5.74) is 1.66. The van der Waals surface area contributed by atoms with Crippen molar-refractivity contribution in [3.05, 3.63) is 23.8 Å². The Morgan fingerprint density at radius 2 is 1.95 bits per heavy atom. The van der Waals surface area contributed by atoms with E-state index in [4.69, 9.17) is 0 Å². The van der Waals surface area contributed by atoms with Crippen LogP contribution in [0.4, 0.5) is 5.69 Å². The number of phenols is 1. The summed E-state index contributed by atoms with van der Waals surface area (Å²) < 4.78 is 0. The highest BCUT2D eigenvalue weighted by Crippen LogP contribution is 2.33. The molecule has 3 rings (SSSR count). The van der Waals surface area contributed by atoms with Gasteiger partial charge in [-0.15, -0.1) is 0 Å². The molecule has 2 fully saturated rings. The van der Waals surface area contributed by atoms with Gasteiger partial charge in [0.05, 0.1) is 6.10 Å². The van der Waals surface area contributed by atoms with Crippen LogP contribution in [0.3, 0.4) is 0 Å². The maximum absolute atomic E-state index is 10.0. The highest BCUT2D eigenvalue weighted by molar-refractivity contribution is 5.54. The first kappa shape index (κ1) is 13.7. The summed E-state index contributed by atoms with van der Waals surface area (Å²) in [6.07, 6.45) is 3.15. The Balaban J connectivity index is 1.81. The zero-order chi connectivity index (χ0) is 14.3. The number of fused-ring (bicyclic) bond motifs is 2. The van der Waals surface area contributed by atoms with Gasteiger partial charge in [-0.25, -0.2) is 0 Å². The second-order valence-electron chi connectivity index (χ2n) is 6.20. The zero-order valence-electron chi connectivity index (χ0n) is 12.3. The van der Waals surface area contributed by atoms with Crippen LogP contribution < -0.4 is 4.90 Å². The molecule has 2 aliphatic heterocycles. The van der Waals surface area contributed by atoms with Crippen LogP contribution in [0, 0.1) is 0 Å². The predicted octanol–water partition coefficient (Wildman–Crippen LogP) is 2.12. The molecule has 0 spiro atoms. The molecule has 2 N–H and O–H groups in total. The van der Waals surface area contributed by atoms with Gasteiger partial charge >= 0.3 is 0 Å². The summed E-state index contributed by atoms with van der Waals surface area (Å²) >= 11 is 0. The second kappa shape index (κ2) is 5.26. The topological polar surface area (TPSA) is 46.9 Å². The Hall–Kier alpha value is -1.26. The van der Waals surface area contributed by atoms with Gasteiger partial charge in [0.25, 0.3) is 0 Å². The van der Waals surface area contributed by atoms with E-state index >= 15 is 0 Å². The number of hydrogen-bond acceptors (Lipinski definition) is 4. The molecule has 0 radical (unpaired) electrons. The molecule has 3 unspecified atom stereocenters. The number of benzene rings is 1. The van der Waals surface area contributed by atoms with E-state index in [1.807, 2.05) is 12.1 Å². The first-order chi connectivity index (χ1) is 9.56. The molecule has 20 heavy (non-hydrogen) atoms. The van der Waals surface area contributed by atoms with Crippen molar-refractivity contribution in [2.75, 3.05) is 25.0 Å². The molecule has 1 aromatic rings. The van der Waals surface area contributed by atoms with E-state index in [9.17, 15) is 10.2 Å². The smallest absolute Gasteiger partial charge is 0.123 e. The normalized spacial score (nSPS) is 28.4. The molecule has 2 heterocycles. The van der Waals surface area contributed by atoms with Crippen LogP contribution in [0.15, 0.2) is 18.2 Å². The van der Waals surface area contributed by atoms with Gasteiger partial charge in [0.1, 0.15) is 5.75 Å². The number of hydrogen-bond donors (Lipinski definition) is 2. The number of aliphatic hydroxyl groups is 1. The van der Waals surface area contributed by atoms with Crippen molar-refractivity contribution in [3.63, 3.8) is 0 Å². The molecular weight excluding hydrogens is 252 g/mol. The van der Waals surface area contributed by atoms with Crippen LogP contribution in [0.5, 0.6) is 5.75 Å². The molecule has 0 saturated carbocycles. The van der Waals surface area contributed by atoms with Crippen LogP contribution in [0.25, 0.3) is 0 Å². The number of nitrogens with zero attached hydrogens (tertiary/aromatic N) is 2. The standard InChI is InChI=1S/C16H24N2O2/c1-11(19)15-6-5-13(9-16(15)20)18-8-7-12-3-4-14(10-18)17(12)2/h5-6,9,11-12,14,19-20H,3-4,7-8,10H2,1-2H3. The summed E-state index contributed by atoms with van der Waals surface area (Å²) in [6, 6.07) is 6.99. The van der Waals surface area contributed by atoms with Crippen LogP contribution in [0.1, 0.15) is 37.9 Å². The Morgan fingerprint density at radius 3 is 2.65 bits per heavy atom. The minimum absolute atomic E-state index is 0.195. The maximum atomic E-state index is 10.0. The SMILES string of the molecule is CC(O)c1ccc(N2CCC3CCC(C2)N3C)cc1O. The highest BCUT2D eigenvalue weighted by atomic mass is 16.3. The summed E-state index contributed by atoms with van der Waals surface area (Å²) in [5, 5.41) is 19.6. The monoisotopic (exact) mass is 276 g/mol. The van der Waals surface area contributed by atoms with E-state index < -0.39 is 6.10 Å². The van der Waals surface area contributed by atoms with Gasteiger partial charge in [-0.3, -0.25) is 4.90 Å². The zero-order valence-corrected chi connectivity index (χ0v) is 12.3. The van der Waals surface area contributed by atoms with E-state index in [0.717, 1.165) is 24.8 Å². The van der Waals surface area contributed by atoms with E-state index in [1.54, 1.807) is 13.0 Å². The number of aliphatic hydroxyl groups excluding tert-OH is 1. The third-order valence-corrected chi connectivity index (χ3v) is 4.98. The Bertz CT molecular complexity index is 489. The van der Waals surface area contributed by atoms with Crippen molar-refractivity contribution in [3.8, 4) is 5.75 Å². The van der Waals surface area contributed by atoms with Crippen molar-refractivity contribution in [1.82, 2.24) is 4.90 Å². The minimum atomic E-state index is -0.629. The molecule has 3 atom stereocenters. The summed E-state index contributed by atoms with van der Waals surface area (Å²) in [6.45, 7) is 3.74. The average molecular weight is 276 g/mol. The molecule has 4 heteroatoms. The van der Waals surface area contributed by atoms with Crippen molar-refractivity contribution in [2.45, 2.75) is 44.4 Å². The molecule has 0 aromatic heterocycles. The lowest BCUT2D eigenvalue weighted by Gasteiger charge is -2.28. The Kier molecular flexibility index (Phi) is 3.61. The molecule has 2 aliphatic rings. The van der Waals surface area contributed by atoms with E-state index in [2.05, 4.69) is 16.8 Å². The van der Waals surface area contributed by atoms with Crippen LogP contribution in [-0.2, 0) is 0 Å². The molecule has 4 nitrogen and oxygen atoms in total. The molecule has 110 valence electrons. The van der Waals surface area contributed by atoms with Crippen LogP contribution in [0.2, 0.25) is 0 Å². The largest absolute Gasteiger partial charge is 0.507 e. The van der Waals surface area contributed by atoms with Gasteiger partial charge in [-0.2, -0.15) is 0 Å². The van der Waals surface area contributed by atoms with Crippen LogP contribution in [-0.4, -0.2) is 47.3 Å². The Labute approximate surface area is 120 Å². The molecule has 2 bridgehead atoms. The number of likely N-dealkylation sites (N-methyl/N-ethyl adjacent to an activating group) is 1. The third-order valence-electron chi connectivity index (χ3n) is 4.98. The van der Waals surface area contributed by atoms with Crippen molar-refractivity contribution in [2.24, 2.45) is 0 Å². The molecule has 2 saturated heterocycles. The third kappa shape index (κ3) is 2.38. The average Bonchev–Trinajstić information content (AvgIpc) is 2.62. The number of anilines is 1. The van der Waals surface area contributed by atoms with E-state index in [1.165, 1.54) is 19.3 Å². The van der Waals surface area contributed by atoms with Gasteiger partial charge in [0.15, 0.2) is 0 Å². The van der Waals surface area contributed by atoms with Gasteiger partial charge in [-0.1, -0.05) is 6.07 Å². The fourth-order valence-corrected chi connectivity index (χ4v) is 3.63. The lowest BCUT2D eigenvalue weighted by atomic mass is 10.1. The number of phenolic OH excluding ortho intramolecular Hbond substituents is 1. The van der Waals surface area contributed by atoms with Crippen molar-refractivity contribution < 1.29 is 10.2 Å². The predicted molar refractivity (Wildman–Crippen MR) is 80.1 cm³/mol. The molecule has 0 amide bonds. The van der Waals surface area contributed by atoms with Crippen LogP contribution >= 0.6 is 0 Å². The van der Waals surface area contributed by atoms with E-state index in [-0.39, 0.29) is 5.75 Å². The Morgan fingerprint density at radius 1 is 1.20 bits per heavy atom. The maximum Gasteiger partial charge on any atom is 0.123 e. The summed E-state index contributed by atoms with van der Waals surface area (Å²) in [5.74, 6) is 0.195. The van der Waals surface area contributed by atoms with Gasteiger partial charge < -0.3 is 15.1 Å². The van der Waals surface area contributed by atoms with Gasteiger partial charge in [0.2, 0.25) is 0 Å². The minimum Gasteiger partial charge on any atom is -0.507 e. The first-order valence-electron chi connectivity index (χ1n) is 7.54. The fraction of sp³-hybridized carbons (Fsp3) is 0.625. The first-order valence-corrected chi connectivity index (χ1v) is 7.54. The molecule has 1 aromatic carbocycles. The summed E-state index contributed by atoms with van der Waals surface area (Å²) in [7, 11) is 2.24. The van der Waals surface area contributed by atoms with Gasteiger partial charge in [-0.05, 0) is 39.3 Å². The lowest BCUT2D eigenvalue weighted by molar-refractivity contribution is 0.195. The van der Waals surface area contributed by atoms with Gasteiger partial charge in [0, 0.05) is 42.5 Å².